The van der Waals surface area contributed by atoms with Crippen LogP contribution in [0.4, 0.5) is 0 Å². The third-order valence-electron chi connectivity index (χ3n) is 1.74. The number of hydrogen-bond donors (Lipinski definition) is 3. The first-order valence-corrected chi connectivity index (χ1v) is 3.18. The molecule has 11 heavy (non-hydrogen) atoms. The number of rotatable bonds is 0. The Bertz CT molecular complexity index is 326. The molecule has 0 amide bonds. The smallest absolute Gasteiger partial charge is 0.156 e. The third kappa shape index (κ3) is 0.668. The lowest BCUT2D eigenvalue weighted by molar-refractivity contribution is 0.157. The van der Waals surface area contributed by atoms with Crippen LogP contribution < -0.4 is 0 Å². The molecule has 0 aromatic carbocycles. The van der Waals surface area contributed by atoms with E-state index in [2.05, 4.69) is 0 Å². The molecule has 2 heterocycles. The van der Waals surface area contributed by atoms with Crippen molar-refractivity contribution in [1.29, 1.82) is 0 Å². The van der Waals surface area contributed by atoms with Gasteiger partial charge in [0.05, 0.1) is 0 Å². The fourth-order valence-electron chi connectivity index (χ4n) is 1.20. The molecule has 0 bridgehead atoms. The van der Waals surface area contributed by atoms with Crippen LogP contribution in [0, 0.1) is 0 Å². The van der Waals surface area contributed by atoms with Crippen molar-refractivity contribution in [3.8, 4) is 5.75 Å². The number of aliphatic hydroxyl groups is 2. The van der Waals surface area contributed by atoms with Crippen molar-refractivity contribution in [2.24, 2.45) is 0 Å². The van der Waals surface area contributed by atoms with Crippen LogP contribution in [-0.4, -0.2) is 19.9 Å². The Morgan fingerprint density at radius 1 is 1.36 bits per heavy atom. The number of aromatic hydroxyl groups is 1. The third-order valence-corrected chi connectivity index (χ3v) is 1.74. The van der Waals surface area contributed by atoms with E-state index in [9.17, 15) is 5.11 Å². The molecule has 0 saturated carbocycles. The van der Waals surface area contributed by atoms with Crippen LogP contribution in [0.1, 0.15) is 11.8 Å². The average Bonchev–Trinajstić information content (AvgIpc) is 2.41. The highest BCUT2D eigenvalue weighted by molar-refractivity contribution is 5.48. The van der Waals surface area contributed by atoms with Crippen LogP contribution >= 0.6 is 0 Å². The lowest BCUT2D eigenvalue weighted by atomic mass is 10.2. The van der Waals surface area contributed by atoms with Gasteiger partial charge in [0.15, 0.2) is 6.10 Å². The molecule has 4 nitrogen and oxygen atoms in total. The van der Waals surface area contributed by atoms with Gasteiger partial charge in [-0.15, -0.1) is 0 Å². The van der Waals surface area contributed by atoms with Crippen molar-refractivity contribution >= 4 is 6.20 Å². The Hall–Kier alpha value is -1.42. The molecule has 2 rings (SSSR count). The summed E-state index contributed by atoms with van der Waals surface area (Å²) in [5, 5.41) is 27.4. The minimum absolute atomic E-state index is 0.00204. The van der Waals surface area contributed by atoms with Crippen molar-refractivity contribution in [2.75, 3.05) is 0 Å². The highest BCUT2D eigenvalue weighted by atomic mass is 16.3. The Labute approximate surface area is 62.6 Å². The zero-order chi connectivity index (χ0) is 8.01. The van der Waals surface area contributed by atoms with Gasteiger partial charge < -0.3 is 19.9 Å². The number of hydrogen-bond acceptors (Lipinski definition) is 3. The quantitative estimate of drug-likeness (QED) is 0.511. The van der Waals surface area contributed by atoms with Gasteiger partial charge in [-0.2, -0.15) is 0 Å². The minimum atomic E-state index is -1.08. The predicted octanol–water partition coefficient (Wildman–Crippen LogP) is 0.597. The Morgan fingerprint density at radius 2 is 2.09 bits per heavy atom. The minimum Gasteiger partial charge on any atom is -0.508 e. The van der Waals surface area contributed by atoms with Crippen molar-refractivity contribution in [3.05, 3.63) is 23.7 Å². The molecule has 1 aromatic heterocycles. The van der Waals surface area contributed by atoms with Crippen LogP contribution in [0.5, 0.6) is 5.75 Å². The monoisotopic (exact) mass is 153 g/mol. The van der Waals surface area contributed by atoms with Crippen LogP contribution in [0.3, 0.4) is 0 Å². The van der Waals surface area contributed by atoms with E-state index in [-0.39, 0.29) is 11.5 Å². The maximum Gasteiger partial charge on any atom is 0.156 e. The van der Waals surface area contributed by atoms with Crippen molar-refractivity contribution in [3.63, 3.8) is 0 Å². The van der Waals surface area contributed by atoms with E-state index < -0.39 is 6.10 Å². The summed E-state index contributed by atoms with van der Waals surface area (Å²) < 4.78 is 1.48. The van der Waals surface area contributed by atoms with Gasteiger partial charge in [0.25, 0.3) is 0 Å². The van der Waals surface area contributed by atoms with Gasteiger partial charge in [-0.05, 0) is 6.07 Å². The van der Waals surface area contributed by atoms with E-state index in [0.29, 0.717) is 5.69 Å². The highest BCUT2D eigenvalue weighted by Gasteiger charge is 2.25. The van der Waals surface area contributed by atoms with Crippen LogP contribution in [-0.2, 0) is 0 Å². The molecule has 58 valence electrons. The van der Waals surface area contributed by atoms with E-state index >= 15 is 0 Å². The second-order valence-electron chi connectivity index (χ2n) is 2.45. The van der Waals surface area contributed by atoms with Gasteiger partial charge in [0.1, 0.15) is 17.2 Å². The van der Waals surface area contributed by atoms with E-state index in [4.69, 9.17) is 10.2 Å². The summed E-state index contributed by atoms with van der Waals surface area (Å²) in [6.45, 7) is 0. The maximum atomic E-state index is 9.22. The maximum absolute atomic E-state index is 9.22. The molecule has 1 atom stereocenters. The Balaban J connectivity index is 2.60. The first kappa shape index (κ1) is 6.30. The molecule has 0 radical (unpaired) electrons. The molecule has 1 unspecified atom stereocenters. The summed E-state index contributed by atoms with van der Waals surface area (Å²) >= 11 is 0. The zero-order valence-electron chi connectivity index (χ0n) is 5.60. The molecule has 0 fully saturated rings. The lowest BCUT2D eigenvalue weighted by Gasteiger charge is -2.01. The topological polar surface area (TPSA) is 65.6 Å². The first-order valence-electron chi connectivity index (χ1n) is 3.18. The van der Waals surface area contributed by atoms with Crippen LogP contribution in [0.2, 0.25) is 0 Å². The molecule has 3 N–H and O–H groups in total. The molecule has 0 saturated heterocycles. The first-order chi connectivity index (χ1) is 5.20. The standard InChI is InChI=1S/C7H7NO3/c9-4-1-2-8-3-5(10)7(11)6(4)8/h1-3,7,9-11H. The molecular weight excluding hydrogens is 146 g/mol. The van der Waals surface area contributed by atoms with Gasteiger partial charge in [-0.1, -0.05) is 0 Å². The predicted molar refractivity (Wildman–Crippen MR) is 38.0 cm³/mol. The van der Waals surface area contributed by atoms with E-state index in [1.807, 2.05) is 0 Å². The van der Waals surface area contributed by atoms with E-state index in [1.54, 1.807) is 6.20 Å². The second-order valence-corrected chi connectivity index (χ2v) is 2.45. The van der Waals surface area contributed by atoms with Crippen LogP contribution in [0.25, 0.3) is 6.20 Å². The fourth-order valence-corrected chi connectivity index (χ4v) is 1.20. The van der Waals surface area contributed by atoms with Gasteiger partial charge in [-0.3, -0.25) is 0 Å². The number of aliphatic hydroxyl groups excluding tert-OH is 2. The molecule has 1 aromatic rings. The van der Waals surface area contributed by atoms with Crippen molar-refractivity contribution in [1.82, 2.24) is 4.57 Å². The summed E-state index contributed by atoms with van der Waals surface area (Å²) in [7, 11) is 0. The highest BCUT2D eigenvalue weighted by Crippen LogP contribution is 2.34. The molecular formula is C7H7NO3. The number of nitrogens with zero attached hydrogens (tertiary/aromatic N) is 1. The largest absolute Gasteiger partial charge is 0.508 e. The number of aromatic nitrogens is 1. The average molecular weight is 153 g/mol. The van der Waals surface area contributed by atoms with Gasteiger partial charge >= 0.3 is 0 Å². The lowest BCUT2D eigenvalue weighted by Crippen LogP contribution is -1.96. The van der Waals surface area contributed by atoms with Gasteiger partial charge in [0.2, 0.25) is 0 Å². The zero-order valence-corrected chi connectivity index (χ0v) is 5.60. The molecule has 0 spiro atoms. The number of fused-ring (bicyclic) bond motifs is 1. The fraction of sp³-hybridized carbons (Fsp3) is 0.143. The normalized spacial score (nSPS) is 21.5. The Morgan fingerprint density at radius 3 is 2.73 bits per heavy atom. The summed E-state index contributed by atoms with van der Waals surface area (Å²) in [4.78, 5) is 0. The summed E-state index contributed by atoms with van der Waals surface area (Å²) in [6, 6.07) is 1.46. The van der Waals surface area contributed by atoms with Gasteiger partial charge in [0, 0.05) is 12.4 Å². The van der Waals surface area contributed by atoms with E-state index in [0.717, 1.165) is 0 Å². The van der Waals surface area contributed by atoms with Crippen LogP contribution in [0.15, 0.2) is 18.0 Å². The van der Waals surface area contributed by atoms with Crippen molar-refractivity contribution in [2.45, 2.75) is 6.10 Å². The van der Waals surface area contributed by atoms with Gasteiger partial charge in [-0.25, -0.2) is 0 Å². The Kier molecular flexibility index (Phi) is 1.03. The summed E-state index contributed by atoms with van der Waals surface area (Å²) in [5.41, 5.74) is 0.322. The molecule has 4 heteroatoms. The molecule has 0 aliphatic carbocycles. The van der Waals surface area contributed by atoms with Crippen molar-refractivity contribution < 1.29 is 15.3 Å². The van der Waals surface area contributed by atoms with E-state index in [1.165, 1.54) is 16.8 Å². The molecule has 1 aliphatic rings. The summed E-state index contributed by atoms with van der Waals surface area (Å²) in [5.74, 6) is -0.145. The SMILES string of the molecule is OC1=Cn2ccc(O)c2C1O. The summed E-state index contributed by atoms with van der Waals surface area (Å²) in [6.07, 6.45) is 1.85. The second kappa shape index (κ2) is 1.79. The molecule has 1 aliphatic heterocycles.